The maximum absolute atomic E-state index is 12.7. The molecular weight excluding hydrogens is 217 g/mol. The lowest BCUT2D eigenvalue weighted by atomic mass is 10.1. The van der Waals surface area contributed by atoms with Crippen LogP contribution in [-0.4, -0.2) is 17.3 Å². The molecule has 1 aromatic rings. The molecule has 0 aliphatic heterocycles. The summed E-state index contributed by atoms with van der Waals surface area (Å²) in [6.45, 7) is 4.41. The van der Waals surface area contributed by atoms with Gasteiger partial charge in [-0.15, -0.1) is 0 Å². The fourth-order valence-electron chi connectivity index (χ4n) is 1.17. The van der Waals surface area contributed by atoms with Crippen LogP contribution in [0.1, 0.15) is 19.4 Å². The first-order chi connectivity index (χ1) is 6.88. The van der Waals surface area contributed by atoms with E-state index in [0.29, 0.717) is 18.1 Å². The van der Waals surface area contributed by atoms with Crippen LogP contribution in [0.15, 0.2) is 18.2 Å². The van der Waals surface area contributed by atoms with E-state index in [-0.39, 0.29) is 5.82 Å². The third-order valence-corrected chi connectivity index (χ3v) is 2.24. The van der Waals surface area contributed by atoms with Crippen LogP contribution in [0, 0.1) is 5.82 Å². The van der Waals surface area contributed by atoms with Crippen LogP contribution in [0.2, 0.25) is 5.02 Å². The number of benzene rings is 1. The molecule has 1 aromatic carbocycles. The monoisotopic (exact) mass is 231 g/mol. The first-order valence-corrected chi connectivity index (χ1v) is 5.13. The number of hydrogen-bond acceptors (Lipinski definition) is 2. The third-order valence-electron chi connectivity index (χ3n) is 1.89. The zero-order valence-electron chi connectivity index (χ0n) is 8.85. The van der Waals surface area contributed by atoms with Gasteiger partial charge in [0.05, 0.1) is 5.60 Å². The SMILES string of the molecule is CC(C)(O)CNCc1ccc(F)cc1Cl. The highest BCUT2D eigenvalue weighted by molar-refractivity contribution is 6.31. The van der Waals surface area contributed by atoms with Crippen LogP contribution in [0.25, 0.3) is 0 Å². The minimum absolute atomic E-state index is 0.341. The van der Waals surface area contributed by atoms with Gasteiger partial charge in [-0.2, -0.15) is 0 Å². The molecule has 15 heavy (non-hydrogen) atoms. The van der Waals surface area contributed by atoms with Crippen molar-refractivity contribution in [1.29, 1.82) is 0 Å². The number of nitrogens with one attached hydrogen (secondary N) is 1. The van der Waals surface area contributed by atoms with Crippen molar-refractivity contribution >= 4 is 11.6 Å². The average Bonchev–Trinajstić information content (AvgIpc) is 2.07. The molecule has 0 aliphatic rings. The van der Waals surface area contributed by atoms with E-state index in [0.717, 1.165) is 5.56 Å². The Hall–Kier alpha value is -0.640. The molecule has 0 saturated carbocycles. The fraction of sp³-hybridized carbons (Fsp3) is 0.455. The van der Waals surface area contributed by atoms with Crippen LogP contribution in [0.5, 0.6) is 0 Å². The predicted octanol–water partition coefficient (Wildman–Crippen LogP) is 2.34. The van der Waals surface area contributed by atoms with E-state index >= 15 is 0 Å². The summed E-state index contributed by atoms with van der Waals surface area (Å²) >= 11 is 5.84. The largest absolute Gasteiger partial charge is 0.389 e. The van der Waals surface area contributed by atoms with Gasteiger partial charge in [0.2, 0.25) is 0 Å². The van der Waals surface area contributed by atoms with Crippen LogP contribution in [0.3, 0.4) is 0 Å². The van der Waals surface area contributed by atoms with Gasteiger partial charge in [-0.1, -0.05) is 17.7 Å². The normalized spacial score (nSPS) is 11.8. The summed E-state index contributed by atoms with van der Waals surface area (Å²) in [5.74, 6) is -0.341. The number of hydrogen-bond donors (Lipinski definition) is 2. The number of halogens is 2. The second-order valence-electron chi connectivity index (χ2n) is 4.15. The highest BCUT2D eigenvalue weighted by Gasteiger charge is 2.11. The second-order valence-corrected chi connectivity index (χ2v) is 4.56. The van der Waals surface area contributed by atoms with E-state index in [1.807, 2.05) is 0 Å². The summed E-state index contributed by atoms with van der Waals surface area (Å²) < 4.78 is 12.7. The van der Waals surface area contributed by atoms with E-state index in [4.69, 9.17) is 11.6 Å². The topological polar surface area (TPSA) is 32.3 Å². The van der Waals surface area contributed by atoms with Crippen molar-refractivity contribution in [2.45, 2.75) is 26.0 Å². The summed E-state index contributed by atoms with van der Waals surface area (Å²) in [6, 6.07) is 4.28. The zero-order chi connectivity index (χ0) is 11.5. The van der Waals surface area contributed by atoms with Crippen LogP contribution >= 0.6 is 11.6 Å². The zero-order valence-corrected chi connectivity index (χ0v) is 9.61. The minimum atomic E-state index is -0.757. The van der Waals surface area contributed by atoms with Gasteiger partial charge in [0.25, 0.3) is 0 Å². The molecule has 0 atom stereocenters. The summed E-state index contributed by atoms with van der Waals surface area (Å²) in [4.78, 5) is 0. The molecule has 0 amide bonds. The van der Waals surface area contributed by atoms with Crippen molar-refractivity contribution < 1.29 is 9.50 Å². The minimum Gasteiger partial charge on any atom is -0.389 e. The Balaban J connectivity index is 2.51. The quantitative estimate of drug-likeness (QED) is 0.834. The lowest BCUT2D eigenvalue weighted by Crippen LogP contribution is -2.34. The smallest absolute Gasteiger partial charge is 0.124 e. The molecule has 0 bridgehead atoms. The average molecular weight is 232 g/mol. The lowest BCUT2D eigenvalue weighted by molar-refractivity contribution is 0.0795. The van der Waals surface area contributed by atoms with Crippen molar-refractivity contribution in [2.75, 3.05) is 6.54 Å². The van der Waals surface area contributed by atoms with Gasteiger partial charge in [0.1, 0.15) is 5.82 Å². The van der Waals surface area contributed by atoms with Gasteiger partial charge >= 0.3 is 0 Å². The second kappa shape index (κ2) is 4.92. The number of aliphatic hydroxyl groups is 1. The molecule has 2 N–H and O–H groups in total. The molecule has 2 nitrogen and oxygen atoms in total. The van der Waals surface area contributed by atoms with Gasteiger partial charge < -0.3 is 10.4 Å². The lowest BCUT2D eigenvalue weighted by Gasteiger charge is -2.17. The number of rotatable bonds is 4. The molecule has 0 aliphatic carbocycles. The van der Waals surface area contributed by atoms with Crippen LogP contribution in [0.4, 0.5) is 4.39 Å². The molecule has 0 fully saturated rings. The summed E-state index contributed by atoms with van der Waals surface area (Å²) in [5, 5.41) is 12.9. The molecule has 0 aromatic heterocycles. The van der Waals surface area contributed by atoms with Crippen molar-refractivity contribution in [1.82, 2.24) is 5.32 Å². The molecular formula is C11H15ClFNO. The van der Waals surface area contributed by atoms with Crippen molar-refractivity contribution in [2.24, 2.45) is 0 Å². The molecule has 0 saturated heterocycles. The molecule has 84 valence electrons. The Morgan fingerprint density at radius 1 is 1.47 bits per heavy atom. The van der Waals surface area contributed by atoms with Gasteiger partial charge in [-0.25, -0.2) is 4.39 Å². The molecule has 1 rings (SSSR count). The standard InChI is InChI=1S/C11H15ClFNO/c1-11(2,15)7-14-6-8-3-4-9(13)5-10(8)12/h3-5,14-15H,6-7H2,1-2H3. The summed E-state index contributed by atoms with van der Waals surface area (Å²) in [7, 11) is 0. The molecule has 0 heterocycles. The van der Waals surface area contributed by atoms with E-state index in [2.05, 4.69) is 5.32 Å². The Morgan fingerprint density at radius 2 is 2.13 bits per heavy atom. The van der Waals surface area contributed by atoms with Gasteiger partial charge in [-0.05, 0) is 31.5 Å². The van der Waals surface area contributed by atoms with Crippen molar-refractivity contribution in [3.05, 3.63) is 34.6 Å². The highest BCUT2D eigenvalue weighted by Crippen LogP contribution is 2.16. The Bertz CT molecular complexity index is 336. The molecule has 0 unspecified atom stereocenters. The highest BCUT2D eigenvalue weighted by atomic mass is 35.5. The van der Waals surface area contributed by atoms with Gasteiger partial charge in [-0.3, -0.25) is 0 Å². The van der Waals surface area contributed by atoms with Crippen LogP contribution in [-0.2, 0) is 6.54 Å². The van der Waals surface area contributed by atoms with Crippen molar-refractivity contribution in [3.63, 3.8) is 0 Å². The fourth-order valence-corrected chi connectivity index (χ4v) is 1.40. The van der Waals surface area contributed by atoms with E-state index in [9.17, 15) is 9.50 Å². The van der Waals surface area contributed by atoms with Crippen LogP contribution < -0.4 is 5.32 Å². The Kier molecular flexibility index (Phi) is 4.08. The first kappa shape index (κ1) is 12.4. The molecule has 4 heteroatoms. The van der Waals surface area contributed by atoms with E-state index in [1.165, 1.54) is 12.1 Å². The Morgan fingerprint density at radius 3 is 2.67 bits per heavy atom. The van der Waals surface area contributed by atoms with Gasteiger partial charge in [0.15, 0.2) is 0 Å². The first-order valence-electron chi connectivity index (χ1n) is 4.75. The van der Waals surface area contributed by atoms with E-state index in [1.54, 1.807) is 19.9 Å². The predicted molar refractivity (Wildman–Crippen MR) is 59.4 cm³/mol. The van der Waals surface area contributed by atoms with Crippen molar-refractivity contribution in [3.8, 4) is 0 Å². The van der Waals surface area contributed by atoms with Gasteiger partial charge in [0, 0.05) is 18.1 Å². The third kappa shape index (κ3) is 4.60. The summed E-state index contributed by atoms with van der Waals surface area (Å²) in [5.41, 5.74) is 0.0642. The molecule has 0 spiro atoms. The van der Waals surface area contributed by atoms with E-state index < -0.39 is 5.60 Å². The Labute approximate surface area is 94.1 Å². The molecule has 0 radical (unpaired) electrons. The maximum Gasteiger partial charge on any atom is 0.124 e. The summed E-state index contributed by atoms with van der Waals surface area (Å²) in [6.07, 6.45) is 0. The maximum atomic E-state index is 12.7.